The monoisotopic (exact) mass is 369 g/mol. The van der Waals surface area contributed by atoms with Crippen LogP contribution in [0.2, 0.25) is 10.0 Å². The van der Waals surface area contributed by atoms with Gasteiger partial charge in [-0.05, 0) is 24.6 Å². The lowest BCUT2D eigenvalue weighted by Gasteiger charge is -2.21. The van der Waals surface area contributed by atoms with Crippen molar-refractivity contribution in [3.63, 3.8) is 0 Å². The number of nitrogens with one attached hydrogen (secondary N) is 1. The van der Waals surface area contributed by atoms with Crippen LogP contribution in [0.1, 0.15) is 13.3 Å². The molecule has 7 nitrogen and oxygen atoms in total. The molecule has 0 aliphatic rings. The molecule has 0 saturated carbocycles. The molecule has 9 heteroatoms. The van der Waals surface area contributed by atoms with Crippen LogP contribution in [0.5, 0.6) is 0 Å². The molecule has 0 aliphatic heterocycles. The van der Waals surface area contributed by atoms with Crippen molar-refractivity contribution in [3.8, 4) is 0 Å². The van der Waals surface area contributed by atoms with Crippen LogP contribution < -0.4 is 5.32 Å². The highest BCUT2D eigenvalue weighted by molar-refractivity contribution is 6.36. The summed E-state index contributed by atoms with van der Waals surface area (Å²) in [5.41, 5.74) is 0.450. The number of hydrogen-bond acceptors (Lipinski definition) is 4. The van der Waals surface area contributed by atoms with Crippen LogP contribution in [0.15, 0.2) is 30.9 Å². The zero-order valence-electron chi connectivity index (χ0n) is 13.1. The van der Waals surface area contributed by atoms with Gasteiger partial charge in [-0.2, -0.15) is 5.10 Å². The van der Waals surface area contributed by atoms with Gasteiger partial charge in [0, 0.05) is 11.6 Å². The highest BCUT2D eigenvalue weighted by atomic mass is 35.5. The molecule has 1 N–H and O–H groups in total. The summed E-state index contributed by atoms with van der Waals surface area (Å²) in [4.78, 5) is 29.8. The molecule has 0 saturated heterocycles. The zero-order valence-corrected chi connectivity index (χ0v) is 14.6. The predicted molar refractivity (Wildman–Crippen MR) is 92.0 cm³/mol. The van der Waals surface area contributed by atoms with E-state index in [0.29, 0.717) is 22.3 Å². The lowest BCUT2D eigenvalue weighted by atomic mass is 10.3. The Morgan fingerprint density at radius 2 is 2.12 bits per heavy atom. The van der Waals surface area contributed by atoms with Gasteiger partial charge in [0.2, 0.25) is 11.8 Å². The third-order valence-electron chi connectivity index (χ3n) is 3.15. The summed E-state index contributed by atoms with van der Waals surface area (Å²) in [5, 5.41) is 7.39. The Kier molecular flexibility index (Phi) is 6.57. The van der Waals surface area contributed by atoms with Crippen molar-refractivity contribution in [2.24, 2.45) is 0 Å². The highest BCUT2D eigenvalue weighted by Crippen LogP contribution is 2.25. The second-order valence-corrected chi connectivity index (χ2v) is 5.92. The molecule has 0 unspecified atom stereocenters. The van der Waals surface area contributed by atoms with E-state index < -0.39 is 0 Å². The topological polar surface area (TPSA) is 80.1 Å². The summed E-state index contributed by atoms with van der Waals surface area (Å²) < 4.78 is 1.42. The number of carbonyl (C=O) groups is 2. The molecule has 1 aromatic carbocycles. The molecule has 2 aromatic rings. The molecule has 2 amide bonds. The normalized spacial score (nSPS) is 10.5. The number of halogens is 2. The van der Waals surface area contributed by atoms with Gasteiger partial charge in [0.05, 0.1) is 17.3 Å². The summed E-state index contributed by atoms with van der Waals surface area (Å²) in [5.74, 6) is -0.542. The quantitative estimate of drug-likeness (QED) is 0.812. The minimum absolute atomic E-state index is 0.0367. The third kappa shape index (κ3) is 5.21. The minimum atomic E-state index is -0.334. The minimum Gasteiger partial charge on any atom is -0.332 e. The first-order valence-corrected chi connectivity index (χ1v) is 8.10. The molecular formula is C15H17Cl2N5O2. The molecule has 1 aromatic heterocycles. The molecule has 24 heavy (non-hydrogen) atoms. The van der Waals surface area contributed by atoms with Gasteiger partial charge >= 0.3 is 0 Å². The number of amides is 2. The van der Waals surface area contributed by atoms with Gasteiger partial charge < -0.3 is 10.2 Å². The van der Waals surface area contributed by atoms with Crippen molar-refractivity contribution in [1.29, 1.82) is 0 Å². The van der Waals surface area contributed by atoms with Gasteiger partial charge in [-0.25, -0.2) is 9.67 Å². The molecule has 0 radical (unpaired) electrons. The molecule has 2 rings (SSSR count). The Bertz CT molecular complexity index is 706. The molecular weight excluding hydrogens is 353 g/mol. The Balaban J connectivity index is 1.98. The van der Waals surface area contributed by atoms with Crippen molar-refractivity contribution in [1.82, 2.24) is 19.7 Å². The van der Waals surface area contributed by atoms with E-state index >= 15 is 0 Å². The molecule has 1 heterocycles. The first kappa shape index (κ1) is 18.2. The van der Waals surface area contributed by atoms with E-state index in [1.54, 1.807) is 18.2 Å². The van der Waals surface area contributed by atoms with Gasteiger partial charge in [0.1, 0.15) is 19.2 Å². The van der Waals surface area contributed by atoms with E-state index in [0.717, 1.165) is 6.42 Å². The number of anilines is 1. The second-order valence-electron chi connectivity index (χ2n) is 5.08. The Morgan fingerprint density at radius 1 is 1.33 bits per heavy atom. The number of hydrogen-bond donors (Lipinski definition) is 1. The first-order chi connectivity index (χ1) is 11.5. The Morgan fingerprint density at radius 3 is 2.75 bits per heavy atom. The lowest BCUT2D eigenvalue weighted by Crippen LogP contribution is -2.40. The number of rotatable bonds is 7. The van der Waals surface area contributed by atoms with Crippen LogP contribution in [-0.4, -0.2) is 44.6 Å². The van der Waals surface area contributed by atoms with E-state index in [1.165, 1.54) is 22.2 Å². The van der Waals surface area contributed by atoms with Crippen LogP contribution >= 0.6 is 23.2 Å². The third-order valence-corrected chi connectivity index (χ3v) is 3.70. The second kappa shape index (κ2) is 8.65. The van der Waals surface area contributed by atoms with Crippen molar-refractivity contribution < 1.29 is 9.59 Å². The van der Waals surface area contributed by atoms with Crippen molar-refractivity contribution in [2.45, 2.75) is 19.9 Å². The van der Waals surface area contributed by atoms with Crippen LogP contribution in [-0.2, 0) is 16.1 Å². The number of benzene rings is 1. The zero-order chi connectivity index (χ0) is 17.5. The average Bonchev–Trinajstić information content (AvgIpc) is 3.02. The standard InChI is InChI=1S/C15H17Cl2N5O2/c1-2-5-21(15(24)8-22-10-18-9-19-22)7-14(23)20-13-4-3-11(16)6-12(13)17/h3-4,6,9-10H,2,5,7-8H2,1H3,(H,20,23). The van der Waals surface area contributed by atoms with Crippen molar-refractivity contribution in [3.05, 3.63) is 40.9 Å². The fourth-order valence-electron chi connectivity index (χ4n) is 2.07. The van der Waals surface area contributed by atoms with Crippen LogP contribution in [0.25, 0.3) is 0 Å². The summed E-state index contributed by atoms with van der Waals surface area (Å²) in [7, 11) is 0. The summed E-state index contributed by atoms with van der Waals surface area (Å²) >= 11 is 11.9. The summed E-state index contributed by atoms with van der Waals surface area (Å²) in [6, 6.07) is 4.78. The van der Waals surface area contributed by atoms with E-state index in [2.05, 4.69) is 15.4 Å². The van der Waals surface area contributed by atoms with Gasteiger partial charge in [0.25, 0.3) is 0 Å². The first-order valence-electron chi connectivity index (χ1n) is 7.34. The van der Waals surface area contributed by atoms with Crippen molar-refractivity contribution >= 4 is 40.7 Å². The van der Waals surface area contributed by atoms with Gasteiger partial charge in [-0.15, -0.1) is 0 Å². The van der Waals surface area contributed by atoms with Gasteiger partial charge in [-0.3, -0.25) is 9.59 Å². The molecule has 0 fully saturated rings. The van der Waals surface area contributed by atoms with E-state index in [1.807, 2.05) is 6.92 Å². The maximum atomic E-state index is 12.3. The van der Waals surface area contributed by atoms with Crippen LogP contribution in [0, 0.1) is 0 Å². The number of aromatic nitrogens is 3. The SMILES string of the molecule is CCCN(CC(=O)Nc1ccc(Cl)cc1Cl)C(=O)Cn1cncn1. The smallest absolute Gasteiger partial charge is 0.244 e. The van der Waals surface area contributed by atoms with E-state index in [9.17, 15) is 9.59 Å². The molecule has 0 spiro atoms. The Hall–Kier alpha value is -2.12. The maximum Gasteiger partial charge on any atom is 0.244 e. The van der Waals surface area contributed by atoms with Gasteiger partial charge in [-0.1, -0.05) is 30.1 Å². The summed E-state index contributed by atoms with van der Waals surface area (Å²) in [6.07, 6.45) is 3.54. The maximum absolute atomic E-state index is 12.3. The van der Waals surface area contributed by atoms with Crippen LogP contribution in [0.4, 0.5) is 5.69 Å². The number of nitrogens with zero attached hydrogens (tertiary/aromatic N) is 4. The molecule has 128 valence electrons. The number of carbonyl (C=O) groups excluding carboxylic acids is 2. The largest absolute Gasteiger partial charge is 0.332 e. The highest BCUT2D eigenvalue weighted by Gasteiger charge is 2.18. The molecule has 0 atom stereocenters. The fourth-order valence-corrected chi connectivity index (χ4v) is 2.52. The molecule has 0 aliphatic carbocycles. The Labute approximate surface area is 149 Å². The van der Waals surface area contributed by atoms with Crippen molar-refractivity contribution in [2.75, 3.05) is 18.4 Å². The van der Waals surface area contributed by atoms with E-state index in [4.69, 9.17) is 23.2 Å². The predicted octanol–water partition coefficient (Wildman–Crippen LogP) is 2.46. The summed E-state index contributed by atoms with van der Waals surface area (Å²) in [6.45, 7) is 2.37. The average molecular weight is 370 g/mol. The lowest BCUT2D eigenvalue weighted by molar-refractivity contribution is -0.135. The fraction of sp³-hybridized carbons (Fsp3) is 0.333. The van der Waals surface area contributed by atoms with Crippen LogP contribution in [0.3, 0.4) is 0 Å². The molecule has 0 bridgehead atoms. The van der Waals surface area contributed by atoms with Gasteiger partial charge in [0.15, 0.2) is 0 Å². The van der Waals surface area contributed by atoms with E-state index in [-0.39, 0.29) is 24.9 Å².